The number of hydrogen-bond acceptors (Lipinski definition) is 4. The Morgan fingerprint density at radius 1 is 1.21 bits per heavy atom. The number of hydrogen-bond donors (Lipinski definition) is 2. The minimum absolute atomic E-state index is 0.0224. The third kappa shape index (κ3) is 2.49. The lowest BCUT2D eigenvalue weighted by Crippen LogP contribution is -2.41. The number of benzene rings is 1. The average molecular weight is 258 g/mol. The minimum atomic E-state index is 0.0224. The fraction of sp³-hybridized carbons (Fsp3) is 0.400. The van der Waals surface area contributed by atoms with Gasteiger partial charge in [-0.05, 0) is 42.8 Å². The first-order chi connectivity index (χ1) is 9.24. The highest BCUT2D eigenvalue weighted by atomic mass is 16.5. The van der Waals surface area contributed by atoms with E-state index in [0.717, 1.165) is 30.0 Å². The van der Waals surface area contributed by atoms with Gasteiger partial charge in [0, 0.05) is 17.6 Å². The molecule has 3 N–H and O–H groups in total. The predicted molar refractivity (Wildman–Crippen MR) is 74.3 cm³/mol. The normalized spacial score (nSPS) is 23.4. The van der Waals surface area contributed by atoms with Gasteiger partial charge >= 0.3 is 0 Å². The molecule has 1 aromatic carbocycles. The van der Waals surface area contributed by atoms with Crippen LogP contribution in [-0.4, -0.2) is 22.2 Å². The molecule has 0 amide bonds. The molecule has 19 heavy (non-hydrogen) atoms. The highest BCUT2D eigenvalue weighted by Gasteiger charge is 2.24. The lowest BCUT2D eigenvalue weighted by Gasteiger charge is -2.28. The van der Waals surface area contributed by atoms with Crippen LogP contribution in [0.15, 0.2) is 30.5 Å². The van der Waals surface area contributed by atoms with Crippen LogP contribution in [0, 0.1) is 0 Å². The number of nitrogens with two attached hydrogens (primary N) is 1. The van der Waals surface area contributed by atoms with Crippen molar-refractivity contribution in [2.24, 2.45) is 5.73 Å². The zero-order valence-electron chi connectivity index (χ0n) is 10.7. The second-order valence-electron chi connectivity index (χ2n) is 5.13. The van der Waals surface area contributed by atoms with Gasteiger partial charge in [0.1, 0.15) is 11.9 Å². The molecule has 1 fully saturated rings. The Kier molecular flexibility index (Phi) is 3.25. The first kappa shape index (κ1) is 12.2. The Hall–Kier alpha value is -1.81. The average Bonchev–Trinajstić information content (AvgIpc) is 2.42. The van der Waals surface area contributed by atoms with Crippen LogP contribution in [0.4, 0.5) is 0 Å². The fourth-order valence-corrected chi connectivity index (χ4v) is 2.64. The molecule has 1 aliphatic carbocycles. The smallest absolute Gasteiger partial charge is 0.221 e. The Morgan fingerprint density at radius 2 is 2.05 bits per heavy atom. The minimum Gasteiger partial charge on any atom is -0.508 e. The van der Waals surface area contributed by atoms with E-state index in [0.29, 0.717) is 5.88 Å². The summed E-state index contributed by atoms with van der Waals surface area (Å²) in [7, 11) is 0. The fourth-order valence-electron chi connectivity index (χ4n) is 2.64. The molecule has 0 saturated heterocycles. The molecule has 1 heterocycles. The SMILES string of the molecule is NC1CCCCC1Oc1nccc2ccc(O)cc12. The van der Waals surface area contributed by atoms with Gasteiger partial charge in [0.25, 0.3) is 0 Å². The summed E-state index contributed by atoms with van der Waals surface area (Å²) < 4.78 is 5.99. The summed E-state index contributed by atoms with van der Waals surface area (Å²) in [4.78, 5) is 4.29. The van der Waals surface area contributed by atoms with Gasteiger partial charge in [-0.15, -0.1) is 0 Å². The van der Waals surface area contributed by atoms with Gasteiger partial charge < -0.3 is 15.6 Å². The van der Waals surface area contributed by atoms with E-state index in [9.17, 15) is 5.11 Å². The standard InChI is InChI=1S/C15H18N2O2/c16-13-3-1-2-4-14(13)19-15-12-9-11(18)6-5-10(12)7-8-17-15/h5-9,13-14,18H,1-4,16H2. The predicted octanol–water partition coefficient (Wildman–Crippen LogP) is 2.59. The zero-order valence-corrected chi connectivity index (χ0v) is 10.7. The molecule has 4 nitrogen and oxygen atoms in total. The Balaban J connectivity index is 1.93. The molecule has 3 rings (SSSR count). The van der Waals surface area contributed by atoms with E-state index in [4.69, 9.17) is 10.5 Å². The monoisotopic (exact) mass is 258 g/mol. The molecular formula is C15H18N2O2. The summed E-state index contributed by atoms with van der Waals surface area (Å²) in [6.45, 7) is 0. The van der Waals surface area contributed by atoms with Crippen LogP contribution in [0.2, 0.25) is 0 Å². The molecule has 1 aliphatic rings. The number of ether oxygens (including phenoxy) is 1. The summed E-state index contributed by atoms with van der Waals surface area (Å²) in [5.74, 6) is 0.786. The third-order valence-electron chi connectivity index (χ3n) is 3.73. The quantitative estimate of drug-likeness (QED) is 0.868. The summed E-state index contributed by atoms with van der Waals surface area (Å²) in [5, 5.41) is 11.4. The number of pyridine rings is 1. The van der Waals surface area contributed by atoms with E-state index in [2.05, 4.69) is 4.98 Å². The van der Waals surface area contributed by atoms with Gasteiger partial charge in [0.2, 0.25) is 5.88 Å². The highest BCUT2D eigenvalue weighted by Crippen LogP contribution is 2.29. The number of nitrogens with zero attached hydrogens (tertiary/aromatic N) is 1. The van der Waals surface area contributed by atoms with Crippen molar-refractivity contribution in [3.63, 3.8) is 0 Å². The van der Waals surface area contributed by atoms with Crippen LogP contribution in [0.1, 0.15) is 25.7 Å². The van der Waals surface area contributed by atoms with Crippen molar-refractivity contribution >= 4 is 10.8 Å². The number of phenols is 1. The molecule has 100 valence electrons. The van der Waals surface area contributed by atoms with Crippen LogP contribution in [0.5, 0.6) is 11.6 Å². The van der Waals surface area contributed by atoms with Crippen LogP contribution in [-0.2, 0) is 0 Å². The van der Waals surface area contributed by atoms with E-state index in [1.807, 2.05) is 12.1 Å². The molecule has 0 aliphatic heterocycles. The van der Waals surface area contributed by atoms with Crippen LogP contribution in [0.3, 0.4) is 0 Å². The van der Waals surface area contributed by atoms with Crippen LogP contribution >= 0.6 is 0 Å². The van der Waals surface area contributed by atoms with Crippen molar-refractivity contribution in [2.45, 2.75) is 37.8 Å². The van der Waals surface area contributed by atoms with Gasteiger partial charge in [-0.1, -0.05) is 12.5 Å². The van der Waals surface area contributed by atoms with Gasteiger partial charge in [0.15, 0.2) is 0 Å². The maximum absolute atomic E-state index is 9.60. The number of aromatic hydroxyl groups is 1. The van der Waals surface area contributed by atoms with Crippen molar-refractivity contribution < 1.29 is 9.84 Å². The Morgan fingerprint density at radius 3 is 2.89 bits per heavy atom. The first-order valence-electron chi connectivity index (χ1n) is 6.74. The Labute approximate surface area is 112 Å². The maximum Gasteiger partial charge on any atom is 0.221 e. The molecule has 0 radical (unpaired) electrons. The highest BCUT2D eigenvalue weighted by molar-refractivity contribution is 5.87. The molecule has 1 aromatic heterocycles. The second kappa shape index (κ2) is 5.05. The van der Waals surface area contributed by atoms with E-state index >= 15 is 0 Å². The molecule has 2 unspecified atom stereocenters. The summed E-state index contributed by atoms with van der Waals surface area (Å²) >= 11 is 0. The summed E-state index contributed by atoms with van der Waals surface area (Å²) in [6, 6.07) is 7.19. The molecule has 2 atom stereocenters. The van der Waals surface area contributed by atoms with Gasteiger partial charge in [-0.2, -0.15) is 0 Å². The first-order valence-corrected chi connectivity index (χ1v) is 6.74. The van der Waals surface area contributed by atoms with Gasteiger partial charge in [-0.25, -0.2) is 4.98 Å². The molecular weight excluding hydrogens is 240 g/mol. The van der Waals surface area contributed by atoms with Crippen molar-refractivity contribution in [3.05, 3.63) is 30.5 Å². The van der Waals surface area contributed by atoms with Crippen molar-refractivity contribution in [2.75, 3.05) is 0 Å². The van der Waals surface area contributed by atoms with Crippen molar-refractivity contribution in [3.8, 4) is 11.6 Å². The topological polar surface area (TPSA) is 68.4 Å². The lowest BCUT2D eigenvalue weighted by molar-refractivity contribution is 0.129. The van der Waals surface area contributed by atoms with Crippen LogP contribution in [0.25, 0.3) is 10.8 Å². The van der Waals surface area contributed by atoms with Crippen molar-refractivity contribution in [1.82, 2.24) is 4.98 Å². The third-order valence-corrected chi connectivity index (χ3v) is 3.73. The zero-order chi connectivity index (χ0) is 13.2. The van der Waals surface area contributed by atoms with E-state index in [1.165, 1.54) is 6.42 Å². The molecule has 0 bridgehead atoms. The van der Waals surface area contributed by atoms with E-state index < -0.39 is 0 Å². The molecule has 0 spiro atoms. The Bertz CT molecular complexity index is 585. The number of aromatic nitrogens is 1. The number of fused-ring (bicyclic) bond motifs is 1. The maximum atomic E-state index is 9.60. The summed E-state index contributed by atoms with van der Waals surface area (Å²) in [5.41, 5.74) is 6.10. The second-order valence-corrected chi connectivity index (χ2v) is 5.13. The largest absolute Gasteiger partial charge is 0.508 e. The van der Waals surface area contributed by atoms with E-state index in [1.54, 1.807) is 18.3 Å². The van der Waals surface area contributed by atoms with E-state index in [-0.39, 0.29) is 17.9 Å². The van der Waals surface area contributed by atoms with Gasteiger partial charge in [-0.3, -0.25) is 0 Å². The molecule has 4 heteroatoms. The van der Waals surface area contributed by atoms with Crippen molar-refractivity contribution in [1.29, 1.82) is 0 Å². The molecule has 2 aromatic rings. The number of phenolic OH excluding ortho intramolecular Hbond substituents is 1. The lowest BCUT2D eigenvalue weighted by atomic mass is 9.93. The molecule has 1 saturated carbocycles. The summed E-state index contributed by atoms with van der Waals surface area (Å²) in [6.07, 6.45) is 6.04. The van der Waals surface area contributed by atoms with Crippen LogP contribution < -0.4 is 10.5 Å². The van der Waals surface area contributed by atoms with Gasteiger partial charge in [0.05, 0.1) is 0 Å². The number of rotatable bonds is 2.